The van der Waals surface area contributed by atoms with E-state index in [4.69, 9.17) is 5.73 Å². The van der Waals surface area contributed by atoms with Crippen LogP contribution in [-0.4, -0.2) is 65.4 Å². The highest BCUT2D eigenvalue weighted by Crippen LogP contribution is 2.24. The van der Waals surface area contributed by atoms with Crippen LogP contribution in [0.5, 0.6) is 0 Å². The van der Waals surface area contributed by atoms with Crippen LogP contribution in [-0.2, 0) is 19.9 Å². The standard InChI is InChI=1S/C14H26BrN5/c1-5-11-14(15)12(20(4)17-11)8-10(16)13-9-18(2)6-7-19(13)3/h10,13H,5-9,16H2,1-4H3. The van der Waals surface area contributed by atoms with E-state index in [0.717, 1.165) is 42.6 Å². The van der Waals surface area contributed by atoms with Crippen molar-refractivity contribution in [1.29, 1.82) is 0 Å². The molecule has 0 aromatic carbocycles. The smallest absolute Gasteiger partial charge is 0.0766 e. The summed E-state index contributed by atoms with van der Waals surface area (Å²) in [4.78, 5) is 4.75. The molecule has 1 saturated heterocycles. The van der Waals surface area contributed by atoms with E-state index in [2.05, 4.69) is 51.8 Å². The number of aromatic nitrogens is 2. The quantitative estimate of drug-likeness (QED) is 0.880. The Labute approximate surface area is 130 Å². The van der Waals surface area contributed by atoms with Crippen molar-refractivity contribution in [2.24, 2.45) is 12.8 Å². The second kappa shape index (κ2) is 6.56. The zero-order valence-electron chi connectivity index (χ0n) is 12.9. The van der Waals surface area contributed by atoms with E-state index in [-0.39, 0.29) is 6.04 Å². The highest BCUT2D eigenvalue weighted by molar-refractivity contribution is 9.10. The normalized spacial score (nSPS) is 23.2. The summed E-state index contributed by atoms with van der Waals surface area (Å²) in [7, 11) is 6.35. The van der Waals surface area contributed by atoms with Crippen molar-refractivity contribution in [3.63, 3.8) is 0 Å². The van der Waals surface area contributed by atoms with Crippen molar-refractivity contribution < 1.29 is 0 Å². The van der Waals surface area contributed by atoms with Gasteiger partial charge in [-0.15, -0.1) is 0 Å². The lowest BCUT2D eigenvalue weighted by Gasteiger charge is -2.40. The summed E-state index contributed by atoms with van der Waals surface area (Å²) >= 11 is 3.68. The molecular formula is C14H26BrN5. The number of nitrogens with zero attached hydrogens (tertiary/aromatic N) is 4. The minimum absolute atomic E-state index is 0.124. The maximum absolute atomic E-state index is 6.49. The van der Waals surface area contributed by atoms with Gasteiger partial charge in [0.2, 0.25) is 0 Å². The van der Waals surface area contributed by atoms with Crippen LogP contribution in [0.1, 0.15) is 18.3 Å². The molecule has 5 nitrogen and oxygen atoms in total. The number of nitrogens with two attached hydrogens (primary N) is 1. The molecule has 2 unspecified atom stereocenters. The molecule has 2 N–H and O–H groups in total. The summed E-state index contributed by atoms with van der Waals surface area (Å²) in [6.07, 6.45) is 1.79. The first kappa shape index (κ1) is 15.9. The minimum Gasteiger partial charge on any atom is -0.326 e. The summed E-state index contributed by atoms with van der Waals surface area (Å²) in [5, 5.41) is 4.55. The average Bonchev–Trinajstić information content (AvgIpc) is 2.68. The zero-order chi connectivity index (χ0) is 14.9. The fourth-order valence-electron chi connectivity index (χ4n) is 2.91. The van der Waals surface area contributed by atoms with Crippen molar-refractivity contribution in [2.75, 3.05) is 33.7 Å². The first-order valence-electron chi connectivity index (χ1n) is 7.28. The molecule has 0 saturated carbocycles. The van der Waals surface area contributed by atoms with E-state index in [1.54, 1.807) is 0 Å². The molecule has 1 aliphatic heterocycles. The number of halogens is 1. The first-order valence-corrected chi connectivity index (χ1v) is 8.08. The van der Waals surface area contributed by atoms with Crippen LogP contribution in [0.2, 0.25) is 0 Å². The number of aryl methyl sites for hydroxylation is 2. The monoisotopic (exact) mass is 343 g/mol. The molecule has 0 spiro atoms. The Balaban J connectivity index is 2.11. The number of likely N-dealkylation sites (N-methyl/N-ethyl adjacent to an activating group) is 2. The van der Waals surface area contributed by atoms with Gasteiger partial charge in [-0.3, -0.25) is 9.58 Å². The number of rotatable bonds is 4. The average molecular weight is 344 g/mol. The highest BCUT2D eigenvalue weighted by atomic mass is 79.9. The molecule has 1 aromatic heterocycles. The second-order valence-electron chi connectivity index (χ2n) is 5.86. The van der Waals surface area contributed by atoms with E-state index in [1.807, 2.05) is 11.7 Å². The summed E-state index contributed by atoms with van der Waals surface area (Å²) in [5.74, 6) is 0. The number of piperazine rings is 1. The topological polar surface area (TPSA) is 50.3 Å². The Hall–Kier alpha value is -0.430. The Kier molecular flexibility index (Phi) is 5.23. The Morgan fingerprint density at radius 3 is 2.65 bits per heavy atom. The van der Waals surface area contributed by atoms with Gasteiger partial charge in [-0.2, -0.15) is 5.10 Å². The molecule has 0 radical (unpaired) electrons. The molecule has 1 aliphatic rings. The van der Waals surface area contributed by atoms with Crippen molar-refractivity contribution in [3.8, 4) is 0 Å². The highest BCUT2D eigenvalue weighted by Gasteiger charge is 2.29. The van der Waals surface area contributed by atoms with Gasteiger partial charge in [0.15, 0.2) is 0 Å². The summed E-state index contributed by atoms with van der Waals surface area (Å²) in [6.45, 7) is 5.37. The second-order valence-corrected chi connectivity index (χ2v) is 6.66. The van der Waals surface area contributed by atoms with E-state index in [0.29, 0.717) is 6.04 Å². The van der Waals surface area contributed by atoms with Crippen molar-refractivity contribution >= 4 is 15.9 Å². The minimum atomic E-state index is 0.124. The van der Waals surface area contributed by atoms with Gasteiger partial charge in [-0.1, -0.05) is 6.92 Å². The molecule has 20 heavy (non-hydrogen) atoms. The Morgan fingerprint density at radius 2 is 2.05 bits per heavy atom. The van der Waals surface area contributed by atoms with Gasteiger partial charge >= 0.3 is 0 Å². The molecule has 1 aromatic rings. The van der Waals surface area contributed by atoms with Gasteiger partial charge in [0.1, 0.15) is 0 Å². The maximum Gasteiger partial charge on any atom is 0.0766 e. The molecule has 1 fully saturated rings. The summed E-state index contributed by atoms with van der Waals surface area (Å²) < 4.78 is 3.10. The SMILES string of the molecule is CCc1nn(C)c(CC(N)C2CN(C)CCN2C)c1Br. The molecular weight excluding hydrogens is 318 g/mol. The lowest BCUT2D eigenvalue weighted by Crippen LogP contribution is -2.58. The van der Waals surface area contributed by atoms with Crippen molar-refractivity contribution in [2.45, 2.75) is 31.8 Å². The molecule has 2 heterocycles. The van der Waals surface area contributed by atoms with Gasteiger partial charge in [-0.25, -0.2) is 0 Å². The van der Waals surface area contributed by atoms with Gasteiger partial charge in [0, 0.05) is 45.2 Å². The predicted octanol–water partition coefficient (Wildman–Crippen LogP) is 0.861. The van der Waals surface area contributed by atoms with Crippen LogP contribution >= 0.6 is 15.9 Å². The van der Waals surface area contributed by atoms with Crippen LogP contribution in [0, 0.1) is 0 Å². The predicted molar refractivity (Wildman–Crippen MR) is 85.9 cm³/mol. The van der Waals surface area contributed by atoms with Crippen LogP contribution in [0.15, 0.2) is 4.47 Å². The lowest BCUT2D eigenvalue weighted by atomic mass is 10.00. The zero-order valence-corrected chi connectivity index (χ0v) is 14.5. The Morgan fingerprint density at radius 1 is 1.35 bits per heavy atom. The van der Waals surface area contributed by atoms with Gasteiger partial charge in [0.25, 0.3) is 0 Å². The van der Waals surface area contributed by atoms with E-state index < -0.39 is 0 Å². The molecule has 0 bridgehead atoms. The van der Waals surface area contributed by atoms with Gasteiger partial charge < -0.3 is 10.6 Å². The largest absolute Gasteiger partial charge is 0.326 e. The molecule has 114 valence electrons. The third kappa shape index (κ3) is 3.24. The van der Waals surface area contributed by atoms with Crippen LogP contribution in [0.4, 0.5) is 0 Å². The molecule has 2 rings (SSSR count). The number of hydrogen-bond acceptors (Lipinski definition) is 4. The third-order valence-corrected chi connectivity index (χ3v) is 5.24. The first-order chi connectivity index (χ1) is 9.43. The van der Waals surface area contributed by atoms with Crippen LogP contribution in [0.3, 0.4) is 0 Å². The van der Waals surface area contributed by atoms with E-state index in [1.165, 1.54) is 5.69 Å². The summed E-state index contributed by atoms with van der Waals surface area (Å²) in [6, 6.07) is 0.528. The lowest BCUT2D eigenvalue weighted by molar-refractivity contribution is 0.0969. The fourth-order valence-corrected chi connectivity index (χ4v) is 3.69. The molecule has 0 aliphatic carbocycles. The Bertz CT molecular complexity index is 459. The van der Waals surface area contributed by atoms with E-state index in [9.17, 15) is 0 Å². The maximum atomic E-state index is 6.49. The van der Waals surface area contributed by atoms with Crippen molar-refractivity contribution in [1.82, 2.24) is 19.6 Å². The van der Waals surface area contributed by atoms with Gasteiger partial charge in [0.05, 0.1) is 15.9 Å². The third-order valence-electron chi connectivity index (χ3n) is 4.33. The van der Waals surface area contributed by atoms with Gasteiger partial charge in [-0.05, 0) is 36.4 Å². The van der Waals surface area contributed by atoms with Crippen LogP contribution < -0.4 is 5.73 Å². The number of hydrogen-bond donors (Lipinski definition) is 1. The van der Waals surface area contributed by atoms with E-state index >= 15 is 0 Å². The van der Waals surface area contributed by atoms with Crippen molar-refractivity contribution in [3.05, 3.63) is 15.9 Å². The molecule has 2 atom stereocenters. The van der Waals surface area contributed by atoms with Crippen LogP contribution in [0.25, 0.3) is 0 Å². The molecule has 6 heteroatoms. The molecule has 0 amide bonds. The summed E-state index contributed by atoms with van der Waals surface area (Å²) in [5.41, 5.74) is 8.81. The fraction of sp³-hybridized carbons (Fsp3) is 0.786.